The van der Waals surface area contributed by atoms with Crippen LogP contribution < -0.4 is 11.1 Å². The number of aliphatic hydroxyl groups excluding tert-OH is 1. The van der Waals surface area contributed by atoms with Crippen molar-refractivity contribution in [1.29, 1.82) is 0 Å². The minimum absolute atomic E-state index is 0.118. The van der Waals surface area contributed by atoms with Gasteiger partial charge in [-0.1, -0.05) is 13.3 Å². The molecule has 114 valence electrons. The van der Waals surface area contributed by atoms with Crippen molar-refractivity contribution in [1.82, 2.24) is 29.7 Å². The van der Waals surface area contributed by atoms with Gasteiger partial charge in [-0.3, -0.25) is 0 Å². The highest BCUT2D eigenvalue weighted by atomic mass is 16.3. The first kappa shape index (κ1) is 15.1. The number of hydrogen-bond donors (Lipinski definition) is 3. The van der Waals surface area contributed by atoms with Crippen molar-refractivity contribution in [2.45, 2.75) is 26.2 Å². The highest BCUT2D eigenvalue weighted by Gasteiger charge is 2.10. The first-order valence-corrected chi connectivity index (χ1v) is 6.94. The summed E-state index contributed by atoms with van der Waals surface area (Å²) in [6.07, 6.45) is 5.73. The van der Waals surface area contributed by atoms with Crippen LogP contribution >= 0.6 is 0 Å². The molecule has 9 heteroatoms. The van der Waals surface area contributed by atoms with Gasteiger partial charge < -0.3 is 16.2 Å². The second kappa shape index (κ2) is 7.48. The van der Waals surface area contributed by atoms with Crippen molar-refractivity contribution < 1.29 is 5.11 Å². The topological polar surface area (TPSA) is 128 Å². The number of nitrogens with one attached hydrogen (secondary N) is 1. The predicted molar refractivity (Wildman–Crippen MR) is 77.7 cm³/mol. The van der Waals surface area contributed by atoms with Crippen LogP contribution in [0, 0.1) is 5.92 Å². The van der Waals surface area contributed by atoms with Gasteiger partial charge in [-0.15, -0.1) is 0 Å². The predicted octanol–water partition coefficient (Wildman–Crippen LogP) is 0.245. The molecule has 0 saturated heterocycles. The molecular weight excluding hydrogens is 272 g/mol. The maximum absolute atomic E-state index is 9.07. The largest absolute Gasteiger partial charge is 0.396 e. The van der Waals surface area contributed by atoms with Crippen LogP contribution in [0.1, 0.15) is 26.2 Å². The van der Waals surface area contributed by atoms with Crippen LogP contribution in [0.25, 0.3) is 5.95 Å². The first-order valence-electron chi connectivity index (χ1n) is 6.94. The van der Waals surface area contributed by atoms with Gasteiger partial charge in [-0.2, -0.15) is 24.7 Å². The summed E-state index contributed by atoms with van der Waals surface area (Å²) >= 11 is 0. The van der Waals surface area contributed by atoms with Crippen LogP contribution in [0.4, 0.5) is 11.9 Å². The van der Waals surface area contributed by atoms with Gasteiger partial charge >= 0.3 is 0 Å². The summed E-state index contributed by atoms with van der Waals surface area (Å²) in [5.74, 6) is 1.20. The zero-order chi connectivity index (χ0) is 15.1. The molecule has 2 heterocycles. The van der Waals surface area contributed by atoms with Gasteiger partial charge in [0.2, 0.25) is 11.9 Å². The maximum Gasteiger partial charge on any atom is 0.258 e. The third-order valence-corrected chi connectivity index (χ3v) is 3.05. The lowest BCUT2D eigenvalue weighted by Gasteiger charge is -2.15. The van der Waals surface area contributed by atoms with Crippen LogP contribution in [-0.4, -0.2) is 48.0 Å². The Kier molecular flexibility index (Phi) is 5.38. The molecule has 4 N–H and O–H groups in total. The molecule has 0 fully saturated rings. The first-order chi connectivity index (χ1) is 10.2. The van der Waals surface area contributed by atoms with Crippen LogP contribution in [0.15, 0.2) is 12.7 Å². The van der Waals surface area contributed by atoms with E-state index >= 15 is 0 Å². The summed E-state index contributed by atoms with van der Waals surface area (Å²) in [6.45, 7) is 2.97. The van der Waals surface area contributed by atoms with Crippen molar-refractivity contribution in [3.05, 3.63) is 12.7 Å². The van der Waals surface area contributed by atoms with E-state index in [4.69, 9.17) is 10.8 Å². The van der Waals surface area contributed by atoms with E-state index in [0.717, 1.165) is 19.3 Å². The lowest BCUT2D eigenvalue weighted by Crippen LogP contribution is -2.18. The van der Waals surface area contributed by atoms with E-state index in [1.165, 1.54) is 17.3 Å². The van der Waals surface area contributed by atoms with E-state index in [-0.39, 0.29) is 12.6 Å². The van der Waals surface area contributed by atoms with E-state index in [1.54, 1.807) is 0 Å². The summed E-state index contributed by atoms with van der Waals surface area (Å²) < 4.78 is 1.42. The average Bonchev–Trinajstić information content (AvgIpc) is 2.99. The van der Waals surface area contributed by atoms with Crippen molar-refractivity contribution in [2.24, 2.45) is 5.92 Å². The van der Waals surface area contributed by atoms with Gasteiger partial charge in [-0.25, -0.2) is 4.98 Å². The molecular formula is C12H20N8O. The molecule has 0 aliphatic carbocycles. The standard InChI is InChI=1S/C12H20N8O/c1-2-3-9(4-5-21)6-15-11-17-10(13)18-12(19-11)20-8-14-7-16-20/h7-9,21H,2-6H2,1H3,(H3,13,15,17,18,19). The monoisotopic (exact) mass is 292 g/mol. The lowest BCUT2D eigenvalue weighted by atomic mass is 10.0. The van der Waals surface area contributed by atoms with Crippen molar-refractivity contribution in [3.8, 4) is 5.95 Å². The lowest BCUT2D eigenvalue weighted by molar-refractivity contribution is 0.255. The molecule has 9 nitrogen and oxygen atoms in total. The molecule has 0 spiro atoms. The van der Waals surface area contributed by atoms with E-state index < -0.39 is 0 Å². The zero-order valence-corrected chi connectivity index (χ0v) is 12.0. The summed E-state index contributed by atoms with van der Waals surface area (Å²) in [5.41, 5.74) is 5.69. The number of nitrogen functional groups attached to an aromatic ring is 1. The Labute approximate surface area is 122 Å². The van der Waals surface area contributed by atoms with Gasteiger partial charge in [0.25, 0.3) is 5.95 Å². The van der Waals surface area contributed by atoms with Gasteiger partial charge in [0.1, 0.15) is 12.7 Å². The molecule has 21 heavy (non-hydrogen) atoms. The highest BCUT2D eigenvalue weighted by molar-refractivity contribution is 5.34. The van der Waals surface area contributed by atoms with Crippen LogP contribution in [0.2, 0.25) is 0 Å². The third-order valence-electron chi connectivity index (χ3n) is 3.05. The Bertz CT molecular complexity index is 538. The van der Waals surface area contributed by atoms with E-state index in [9.17, 15) is 0 Å². The number of rotatable bonds is 8. The fraction of sp³-hybridized carbons (Fsp3) is 0.583. The molecule has 1 atom stereocenters. The average molecular weight is 292 g/mol. The van der Waals surface area contributed by atoms with Gasteiger partial charge in [-0.05, 0) is 18.8 Å². The van der Waals surface area contributed by atoms with Gasteiger partial charge in [0.15, 0.2) is 0 Å². The molecule has 0 aliphatic rings. The van der Waals surface area contributed by atoms with E-state index in [1.807, 2.05) is 0 Å². The van der Waals surface area contributed by atoms with Crippen LogP contribution in [0.5, 0.6) is 0 Å². The molecule has 0 aromatic carbocycles. The van der Waals surface area contributed by atoms with Gasteiger partial charge in [0, 0.05) is 13.2 Å². The van der Waals surface area contributed by atoms with Crippen LogP contribution in [-0.2, 0) is 0 Å². The molecule has 0 amide bonds. The molecule has 0 aliphatic heterocycles. The summed E-state index contributed by atoms with van der Waals surface area (Å²) in [6, 6.07) is 0. The fourth-order valence-electron chi connectivity index (χ4n) is 2.05. The minimum atomic E-state index is 0.118. The summed E-state index contributed by atoms with van der Waals surface area (Å²) in [7, 11) is 0. The Morgan fingerprint density at radius 1 is 1.33 bits per heavy atom. The van der Waals surface area contributed by atoms with Crippen molar-refractivity contribution >= 4 is 11.9 Å². The second-order valence-electron chi connectivity index (χ2n) is 4.71. The Morgan fingerprint density at radius 3 is 2.86 bits per heavy atom. The normalized spacial score (nSPS) is 12.3. The third kappa shape index (κ3) is 4.35. The molecule has 2 aromatic rings. The number of hydrogen-bond acceptors (Lipinski definition) is 8. The van der Waals surface area contributed by atoms with E-state index in [2.05, 4.69) is 37.3 Å². The Morgan fingerprint density at radius 2 is 2.19 bits per heavy atom. The Balaban J connectivity index is 2.06. The molecule has 1 unspecified atom stereocenters. The summed E-state index contributed by atoms with van der Waals surface area (Å²) in [4.78, 5) is 16.2. The number of aliphatic hydroxyl groups is 1. The smallest absolute Gasteiger partial charge is 0.258 e. The van der Waals surface area contributed by atoms with E-state index in [0.29, 0.717) is 24.4 Å². The van der Waals surface area contributed by atoms with Crippen LogP contribution in [0.3, 0.4) is 0 Å². The number of aromatic nitrogens is 6. The zero-order valence-electron chi connectivity index (χ0n) is 12.0. The second-order valence-corrected chi connectivity index (χ2v) is 4.71. The van der Waals surface area contributed by atoms with Crippen molar-refractivity contribution in [3.63, 3.8) is 0 Å². The summed E-state index contributed by atoms with van der Waals surface area (Å²) in [5, 5.41) is 16.2. The molecule has 2 rings (SSSR count). The number of anilines is 2. The highest BCUT2D eigenvalue weighted by Crippen LogP contribution is 2.12. The number of nitrogens with two attached hydrogens (primary N) is 1. The maximum atomic E-state index is 9.07. The molecule has 0 radical (unpaired) electrons. The number of nitrogens with zero attached hydrogens (tertiary/aromatic N) is 6. The Hall–Kier alpha value is -2.29. The fourth-order valence-corrected chi connectivity index (χ4v) is 2.05. The van der Waals surface area contributed by atoms with Gasteiger partial charge in [0.05, 0.1) is 0 Å². The molecule has 0 bridgehead atoms. The molecule has 0 saturated carbocycles. The SMILES string of the molecule is CCCC(CCO)CNc1nc(N)nc(-n2cncn2)n1. The molecule has 2 aromatic heterocycles. The quantitative estimate of drug-likeness (QED) is 0.631. The van der Waals surface area contributed by atoms with Crippen molar-refractivity contribution in [2.75, 3.05) is 24.2 Å². The minimum Gasteiger partial charge on any atom is -0.396 e.